The van der Waals surface area contributed by atoms with Crippen molar-refractivity contribution < 1.29 is 4.74 Å². The Morgan fingerprint density at radius 1 is 1.31 bits per heavy atom. The molecule has 0 aliphatic carbocycles. The highest BCUT2D eigenvalue weighted by Gasteiger charge is 2.14. The number of nitrogens with two attached hydrogens (primary N) is 1. The fourth-order valence-corrected chi connectivity index (χ4v) is 1.37. The molecule has 13 heavy (non-hydrogen) atoms. The van der Waals surface area contributed by atoms with Crippen molar-refractivity contribution in [2.24, 2.45) is 5.73 Å². The van der Waals surface area contributed by atoms with E-state index in [2.05, 4.69) is 0 Å². The van der Waals surface area contributed by atoms with Crippen molar-refractivity contribution in [1.29, 1.82) is 0 Å². The van der Waals surface area contributed by atoms with Crippen molar-refractivity contribution in [3.8, 4) is 0 Å². The first-order valence-corrected chi connectivity index (χ1v) is 4.67. The van der Waals surface area contributed by atoms with Crippen molar-refractivity contribution in [1.82, 2.24) is 0 Å². The van der Waals surface area contributed by atoms with Crippen LogP contribution in [0.5, 0.6) is 0 Å². The van der Waals surface area contributed by atoms with E-state index in [9.17, 15) is 0 Å². The SMILES string of the molecule is CCOC(c1ccccc1)[C@@H](C)N. The minimum absolute atomic E-state index is 0.0196. The van der Waals surface area contributed by atoms with Gasteiger partial charge in [-0.1, -0.05) is 30.3 Å². The third-order valence-electron chi connectivity index (χ3n) is 1.95. The van der Waals surface area contributed by atoms with Crippen LogP contribution in [0.4, 0.5) is 0 Å². The summed E-state index contributed by atoms with van der Waals surface area (Å²) in [5, 5.41) is 0. The molecular formula is C11H17NO. The van der Waals surface area contributed by atoms with E-state index < -0.39 is 0 Å². The van der Waals surface area contributed by atoms with Crippen LogP contribution in [0, 0.1) is 0 Å². The van der Waals surface area contributed by atoms with E-state index in [0.29, 0.717) is 6.61 Å². The summed E-state index contributed by atoms with van der Waals surface area (Å²) >= 11 is 0. The van der Waals surface area contributed by atoms with Gasteiger partial charge in [0.15, 0.2) is 0 Å². The molecule has 0 heterocycles. The Morgan fingerprint density at radius 2 is 1.92 bits per heavy atom. The largest absolute Gasteiger partial charge is 0.372 e. The zero-order valence-corrected chi connectivity index (χ0v) is 8.23. The van der Waals surface area contributed by atoms with Crippen LogP contribution in [0.1, 0.15) is 25.5 Å². The van der Waals surface area contributed by atoms with E-state index in [1.54, 1.807) is 0 Å². The topological polar surface area (TPSA) is 35.2 Å². The minimum atomic E-state index is 0.0196. The zero-order valence-electron chi connectivity index (χ0n) is 8.23. The third kappa shape index (κ3) is 2.83. The molecule has 2 nitrogen and oxygen atoms in total. The van der Waals surface area contributed by atoms with Crippen LogP contribution in [0.2, 0.25) is 0 Å². The van der Waals surface area contributed by atoms with Crippen LogP contribution in [0.25, 0.3) is 0 Å². The number of ether oxygens (including phenoxy) is 1. The summed E-state index contributed by atoms with van der Waals surface area (Å²) in [6.45, 7) is 4.65. The quantitative estimate of drug-likeness (QED) is 0.768. The Morgan fingerprint density at radius 3 is 2.38 bits per heavy atom. The molecule has 2 heteroatoms. The summed E-state index contributed by atoms with van der Waals surface area (Å²) in [5.41, 5.74) is 6.98. The van der Waals surface area contributed by atoms with Gasteiger partial charge in [-0.2, -0.15) is 0 Å². The predicted octanol–water partition coefficient (Wildman–Crippen LogP) is 2.11. The molecule has 0 amide bonds. The van der Waals surface area contributed by atoms with Gasteiger partial charge < -0.3 is 10.5 Å². The van der Waals surface area contributed by atoms with Gasteiger partial charge in [0, 0.05) is 12.6 Å². The third-order valence-corrected chi connectivity index (χ3v) is 1.95. The molecule has 1 aromatic carbocycles. The second kappa shape index (κ2) is 5.00. The summed E-state index contributed by atoms with van der Waals surface area (Å²) in [6, 6.07) is 10.1. The first-order chi connectivity index (χ1) is 6.25. The molecule has 0 fully saturated rings. The number of hydrogen-bond acceptors (Lipinski definition) is 2. The Labute approximate surface area is 79.7 Å². The van der Waals surface area contributed by atoms with E-state index in [0.717, 1.165) is 5.56 Å². The van der Waals surface area contributed by atoms with Crippen LogP contribution in [-0.2, 0) is 4.74 Å². The summed E-state index contributed by atoms with van der Waals surface area (Å²) in [4.78, 5) is 0. The maximum atomic E-state index is 5.83. The van der Waals surface area contributed by atoms with E-state index in [1.165, 1.54) is 0 Å². The molecular weight excluding hydrogens is 162 g/mol. The Kier molecular flexibility index (Phi) is 3.93. The van der Waals surface area contributed by atoms with Gasteiger partial charge in [0.05, 0.1) is 6.10 Å². The van der Waals surface area contributed by atoms with Crippen LogP contribution >= 0.6 is 0 Å². The fourth-order valence-electron chi connectivity index (χ4n) is 1.37. The van der Waals surface area contributed by atoms with Crippen LogP contribution in [-0.4, -0.2) is 12.6 Å². The number of rotatable bonds is 4. The first kappa shape index (κ1) is 10.2. The van der Waals surface area contributed by atoms with Gasteiger partial charge in [-0.15, -0.1) is 0 Å². The summed E-state index contributed by atoms with van der Waals surface area (Å²) in [5.74, 6) is 0. The average molecular weight is 179 g/mol. The normalized spacial score (nSPS) is 15.3. The highest BCUT2D eigenvalue weighted by molar-refractivity contribution is 5.18. The van der Waals surface area contributed by atoms with Gasteiger partial charge in [-0.3, -0.25) is 0 Å². The molecule has 1 rings (SSSR count). The van der Waals surface area contributed by atoms with E-state index >= 15 is 0 Å². The molecule has 0 saturated carbocycles. The number of benzene rings is 1. The van der Waals surface area contributed by atoms with Crippen molar-refractivity contribution in [2.75, 3.05) is 6.61 Å². The molecule has 0 aromatic heterocycles. The molecule has 0 radical (unpaired) electrons. The molecule has 1 unspecified atom stereocenters. The van der Waals surface area contributed by atoms with Gasteiger partial charge in [-0.25, -0.2) is 0 Å². The lowest BCUT2D eigenvalue weighted by Gasteiger charge is -2.20. The predicted molar refractivity (Wildman–Crippen MR) is 54.5 cm³/mol. The van der Waals surface area contributed by atoms with Gasteiger partial charge in [-0.05, 0) is 19.4 Å². The van der Waals surface area contributed by atoms with Crippen LogP contribution < -0.4 is 5.73 Å². The lowest BCUT2D eigenvalue weighted by Crippen LogP contribution is -2.26. The number of hydrogen-bond donors (Lipinski definition) is 1. The second-order valence-corrected chi connectivity index (χ2v) is 3.15. The van der Waals surface area contributed by atoms with Crippen molar-refractivity contribution in [3.63, 3.8) is 0 Å². The summed E-state index contributed by atoms with van der Waals surface area (Å²) in [6.07, 6.45) is 0.0196. The second-order valence-electron chi connectivity index (χ2n) is 3.15. The molecule has 0 aliphatic heterocycles. The molecule has 1 aromatic rings. The van der Waals surface area contributed by atoms with Gasteiger partial charge in [0.25, 0.3) is 0 Å². The molecule has 2 atom stereocenters. The summed E-state index contributed by atoms with van der Waals surface area (Å²) < 4.78 is 5.56. The lowest BCUT2D eigenvalue weighted by atomic mass is 10.0. The van der Waals surface area contributed by atoms with Crippen LogP contribution in [0.3, 0.4) is 0 Å². The Bertz CT molecular complexity index is 233. The zero-order chi connectivity index (χ0) is 9.68. The monoisotopic (exact) mass is 179 g/mol. The molecule has 0 bridgehead atoms. The van der Waals surface area contributed by atoms with Gasteiger partial charge in [0.1, 0.15) is 0 Å². The minimum Gasteiger partial charge on any atom is -0.372 e. The van der Waals surface area contributed by atoms with Crippen molar-refractivity contribution >= 4 is 0 Å². The molecule has 0 saturated heterocycles. The molecule has 2 N–H and O–H groups in total. The van der Waals surface area contributed by atoms with Gasteiger partial charge in [0.2, 0.25) is 0 Å². The van der Waals surface area contributed by atoms with Crippen molar-refractivity contribution in [2.45, 2.75) is 26.0 Å². The van der Waals surface area contributed by atoms with Gasteiger partial charge >= 0.3 is 0 Å². The van der Waals surface area contributed by atoms with E-state index in [-0.39, 0.29) is 12.1 Å². The van der Waals surface area contributed by atoms with Crippen LogP contribution in [0.15, 0.2) is 30.3 Å². The molecule has 0 aliphatic rings. The Hall–Kier alpha value is -0.860. The highest BCUT2D eigenvalue weighted by Crippen LogP contribution is 2.19. The standard InChI is InChI=1S/C11H17NO/c1-3-13-11(9(2)12)10-7-5-4-6-8-10/h4-9,11H,3,12H2,1-2H3/t9-,11?/m1/s1. The highest BCUT2D eigenvalue weighted by atomic mass is 16.5. The molecule has 0 spiro atoms. The fraction of sp³-hybridized carbons (Fsp3) is 0.455. The smallest absolute Gasteiger partial charge is 0.0972 e. The Balaban J connectivity index is 2.76. The summed E-state index contributed by atoms with van der Waals surface area (Å²) in [7, 11) is 0. The maximum Gasteiger partial charge on any atom is 0.0972 e. The maximum absolute atomic E-state index is 5.83. The first-order valence-electron chi connectivity index (χ1n) is 4.67. The molecule has 72 valence electrons. The lowest BCUT2D eigenvalue weighted by molar-refractivity contribution is 0.0475. The average Bonchev–Trinajstić information content (AvgIpc) is 2.15. The van der Waals surface area contributed by atoms with E-state index in [1.807, 2.05) is 44.2 Å². The van der Waals surface area contributed by atoms with Crippen molar-refractivity contribution in [3.05, 3.63) is 35.9 Å². The van der Waals surface area contributed by atoms with E-state index in [4.69, 9.17) is 10.5 Å².